The number of hydrogen-bond donors (Lipinski definition) is 0. The molecule has 0 amide bonds. The number of hydrogen-bond acceptors (Lipinski definition) is 5. The molecule has 104 valence electrons. The molecule has 0 fully saturated rings. The van der Waals surface area contributed by atoms with Crippen LogP contribution in [0.1, 0.15) is 16.6 Å². The maximum absolute atomic E-state index is 13.4. The Bertz CT molecular complexity index is 699. The number of halogens is 2. The van der Waals surface area contributed by atoms with Gasteiger partial charge in [0.15, 0.2) is 17.3 Å². The van der Waals surface area contributed by atoms with Crippen LogP contribution >= 0.6 is 11.3 Å². The number of nitro groups is 1. The smallest absolute Gasteiger partial charge is 0.323 e. The molecule has 0 unspecified atom stereocenters. The van der Waals surface area contributed by atoms with E-state index in [4.69, 9.17) is 4.74 Å². The number of carbonyl (C=O) groups excluding carboxylic acids is 1. The third-order valence-corrected chi connectivity index (χ3v) is 3.42. The van der Waals surface area contributed by atoms with E-state index in [2.05, 4.69) is 0 Å². The maximum atomic E-state index is 13.4. The van der Waals surface area contributed by atoms with E-state index in [0.29, 0.717) is 11.3 Å². The van der Waals surface area contributed by atoms with E-state index in [0.717, 1.165) is 24.3 Å². The van der Waals surface area contributed by atoms with Crippen molar-refractivity contribution in [2.45, 2.75) is 6.92 Å². The molecule has 1 aromatic heterocycles. The van der Waals surface area contributed by atoms with Gasteiger partial charge in [0.1, 0.15) is 5.82 Å². The number of nitrogens with zero attached hydrogens (tertiary/aromatic N) is 1. The summed E-state index contributed by atoms with van der Waals surface area (Å²) in [6.45, 7) is 1.24. The zero-order valence-corrected chi connectivity index (χ0v) is 10.9. The Balaban J connectivity index is 2.44. The molecule has 0 saturated heterocycles. The molecule has 0 aliphatic carbocycles. The van der Waals surface area contributed by atoms with Crippen molar-refractivity contribution in [3.8, 4) is 10.8 Å². The first-order valence-corrected chi connectivity index (χ1v) is 6.12. The zero-order valence-electron chi connectivity index (χ0n) is 10.1. The Labute approximate surface area is 115 Å². The highest BCUT2D eigenvalue weighted by molar-refractivity contribution is 7.16. The maximum Gasteiger partial charge on any atom is 0.323 e. The highest BCUT2D eigenvalue weighted by Crippen LogP contribution is 2.40. The molecule has 0 atom stereocenters. The number of carbonyl (C=O) groups is 1. The minimum Gasteiger partial charge on any atom is -0.437 e. The molecule has 1 heterocycles. The molecule has 8 heteroatoms. The molecule has 2 aromatic rings. The molecule has 5 nitrogen and oxygen atoms in total. The van der Waals surface area contributed by atoms with Gasteiger partial charge in [-0.25, -0.2) is 8.78 Å². The van der Waals surface area contributed by atoms with Crippen LogP contribution in [-0.2, 0) is 0 Å². The molecule has 0 N–H and O–H groups in total. The van der Waals surface area contributed by atoms with Gasteiger partial charge in [0.25, 0.3) is 5.06 Å². The fourth-order valence-electron chi connectivity index (χ4n) is 1.39. The van der Waals surface area contributed by atoms with E-state index in [1.807, 2.05) is 0 Å². The lowest BCUT2D eigenvalue weighted by molar-refractivity contribution is -0.385. The van der Waals surface area contributed by atoms with Crippen LogP contribution in [0.4, 0.5) is 14.5 Å². The zero-order chi connectivity index (χ0) is 14.9. The third-order valence-electron chi connectivity index (χ3n) is 2.32. The van der Waals surface area contributed by atoms with E-state index in [-0.39, 0.29) is 15.7 Å². The van der Waals surface area contributed by atoms with Crippen molar-refractivity contribution in [3.63, 3.8) is 0 Å². The average Bonchev–Trinajstić information content (AvgIpc) is 2.78. The Hall–Kier alpha value is -2.35. The van der Waals surface area contributed by atoms with E-state index >= 15 is 0 Å². The van der Waals surface area contributed by atoms with Gasteiger partial charge < -0.3 is 4.74 Å². The molecule has 2 rings (SSSR count). The molecular weight excluding hydrogens is 292 g/mol. The summed E-state index contributed by atoms with van der Waals surface area (Å²) in [5.74, 6) is -2.47. The van der Waals surface area contributed by atoms with Crippen molar-refractivity contribution in [3.05, 3.63) is 50.9 Å². The molecule has 0 aliphatic rings. The number of rotatable bonds is 4. The standard InChI is InChI=1S/C12H7F2NO4S/c1-6(16)11-5-9(15(17)18)12(20-11)19-10-4-7(13)2-3-8(10)14/h2-5H,1H3. The second kappa shape index (κ2) is 5.33. The Morgan fingerprint density at radius 3 is 2.65 bits per heavy atom. The highest BCUT2D eigenvalue weighted by atomic mass is 32.1. The second-order valence-corrected chi connectivity index (χ2v) is 4.79. The summed E-state index contributed by atoms with van der Waals surface area (Å²) in [6, 6.07) is 3.55. The monoisotopic (exact) mass is 299 g/mol. The number of ketones is 1. The fourth-order valence-corrected chi connectivity index (χ4v) is 2.28. The van der Waals surface area contributed by atoms with Gasteiger partial charge in [-0.1, -0.05) is 11.3 Å². The first kappa shape index (κ1) is 14.1. The number of ether oxygens (including phenoxy) is 1. The van der Waals surface area contributed by atoms with Crippen LogP contribution in [0.3, 0.4) is 0 Å². The van der Waals surface area contributed by atoms with Crippen molar-refractivity contribution in [2.75, 3.05) is 0 Å². The summed E-state index contributed by atoms with van der Waals surface area (Å²) in [7, 11) is 0. The SMILES string of the molecule is CC(=O)c1cc([N+](=O)[O-])c(Oc2cc(F)ccc2F)s1. The lowest BCUT2D eigenvalue weighted by atomic mass is 10.3. The first-order valence-electron chi connectivity index (χ1n) is 5.30. The van der Waals surface area contributed by atoms with Gasteiger partial charge in [0, 0.05) is 12.1 Å². The summed E-state index contributed by atoms with van der Waals surface area (Å²) < 4.78 is 31.5. The molecule has 0 radical (unpaired) electrons. The van der Waals surface area contributed by atoms with E-state index in [9.17, 15) is 23.7 Å². The van der Waals surface area contributed by atoms with Crippen molar-refractivity contribution >= 4 is 22.8 Å². The van der Waals surface area contributed by atoms with Gasteiger partial charge in [-0.3, -0.25) is 14.9 Å². The normalized spacial score (nSPS) is 10.3. The van der Waals surface area contributed by atoms with Crippen LogP contribution in [0.25, 0.3) is 0 Å². The number of Topliss-reactive ketones (excluding diaryl/α,β-unsaturated/α-hetero) is 1. The number of thiophene rings is 1. The lowest BCUT2D eigenvalue weighted by Gasteiger charge is -2.03. The van der Waals surface area contributed by atoms with Gasteiger partial charge >= 0.3 is 5.69 Å². The minimum atomic E-state index is -0.863. The Morgan fingerprint density at radius 2 is 2.05 bits per heavy atom. The number of benzene rings is 1. The predicted molar refractivity (Wildman–Crippen MR) is 67.4 cm³/mol. The van der Waals surface area contributed by atoms with Crippen LogP contribution in [0.5, 0.6) is 10.8 Å². The van der Waals surface area contributed by atoms with Crippen molar-refractivity contribution in [1.29, 1.82) is 0 Å². The first-order chi connectivity index (χ1) is 9.38. The quantitative estimate of drug-likeness (QED) is 0.487. The van der Waals surface area contributed by atoms with Gasteiger partial charge in [-0.15, -0.1) is 0 Å². The molecule has 20 heavy (non-hydrogen) atoms. The molecular formula is C12H7F2NO4S. The minimum absolute atomic E-state index is 0.100. The summed E-state index contributed by atoms with van der Waals surface area (Å²) in [5.41, 5.74) is -0.469. The molecule has 1 aromatic carbocycles. The highest BCUT2D eigenvalue weighted by Gasteiger charge is 2.24. The van der Waals surface area contributed by atoms with E-state index in [1.54, 1.807) is 0 Å². The molecule has 0 saturated carbocycles. The second-order valence-electron chi connectivity index (χ2n) is 3.77. The van der Waals surface area contributed by atoms with Gasteiger partial charge in [0.05, 0.1) is 9.80 Å². The van der Waals surface area contributed by atoms with Crippen molar-refractivity contribution in [1.82, 2.24) is 0 Å². The van der Waals surface area contributed by atoms with Crippen LogP contribution in [0.2, 0.25) is 0 Å². The van der Waals surface area contributed by atoms with Crippen LogP contribution in [0.15, 0.2) is 24.3 Å². The molecule has 0 bridgehead atoms. The van der Waals surface area contributed by atoms with Crippen molar-refractivity contribution in [2.24, 2.45) is 0 Å². The fraction of sp³-hybridized carbons (Fsp3) is 0.0833. The average molecular weight is 299 g/mol. The van der Waals surface area contributed by atoms with Gasteiger partial charge in [-0.2, -0.15) is 0 Å². The van der Waals surface area contributed by atoms with Gasteiger partial charge in [0.2, 0.25) is 0 Å². The largest absolute Gasteiger partial charge is 0.437 e. The van der Waals surface area contributed by atoms with Crippen LogP contribution in [0, 0.1) is 21.7 Å². The lowest BCUT2D eigenvalue weighted by Crippen LogP contribution is -1.92. The summed E-state index contributed by atoms with van der Waals surface area (Å²) in [6.07, 6.45) is 0. The summed E-state index contributed by atoms with van der Waals surface area (Å²) in [4.78, 5) is 21.4. The molecule has 0 spiro atoms. The predicted octanol–water partition coefficient (Wildman–Crippen LogP) is 3.93. The topological polar surface area (TPSA) is 69.4 Å². The third kappa shape index (κ3) is 2.80. The molecule has 0 aliphatic heterocycles. The van der Waals surface area contributed by atoms with E-state index in [1.165, 1.54) is 6.92 Å². The van der Waals surface area contributed by atoms with E-state index < -0.39 is 28.0 Å². The van der Waals surface area contributed by atoms with Crippen LogP contribution in [-0.4, -0.2) is 10.7 Å². The van der Waals surface area contributed by atoms with Crippen molar-refractivity contribution < 1.29 is 23.2 Å². The summed E-state index contributed by atoms with van der Waals surface area (Å²) in [5, 5.41) is 10.6. The Kier molecular flexibility index (Phi) is 3.75. The summed E-state index contributed by atoms with van der Waals surface area (Å²) >= 11 is 0.703. The van der Waals surface area contributed by atoms with Gasteiger partial charge in [-0.05, 0) is 19.1 Å². The van der Waals surface area contributed by atoms with Crippen LogP contribution < -0.4 is 4.74 Å². The Morgan fingerprint density at radius 1 is 1.35 bits per heavy atom.